The number of nitrogens with one attached hydrogen (secondary N) is 1. The predicted molar refractivity (Wildman–Crippen MR) is 132 cm³/mol. The van der Waals surface area contributed by atoms with Gasteiger partial charge in [0.2, 0.25) is 0 Å². The lowest BCUT2D eigenvalue weighted by Gasteiger charge is -2.09. The summed E-state index contributed by atoms with van der Waals surface area (Å²) in [4.78, 5) is 19.8. The highest BCUT2D eigenvalue weighted by atomic mass is 16.3. The molecule has 5 rings (SSSR count). The molecule has 7 heteroatoms. The Morgan fingerprint density at radius 2 is 1.88 bits per heavy atom. The van der Waals surface area contributed by atoms with Crippen LogP contribution in [0.3, 0.4) is 0 Å². The molecule has 0 atom stereocenters. The van der Waals surface area contributed by atoms with Gasteiger partial charge in [-0.25, -0.2) is 0 Å². The lowest BCUT2D eigenvalue weighted by molar-refractivity contribution is 0.0992. The van der Waals surface area contributed by atoms with Crippen LogP contribution in [0, 0.1) is 0 Å². The first-order valence-electron chi connectivity index (χ1n) is 11.6. The van der Waals surface area contributed by atoms with Crippen molar-refractivity contribution in [3.63, 3.8) is 0 Å². The molecule has 3 heterocycles. The average molecular weight is 456 g/mol. The summed E-state index contributed by atoms with van der Waals surface area (Å²) in [5.41, 5.74) is 7.23. The van der Waals surface area contributed by atoms with Crippen LogP contribution >= 0.6 is 0 Å². The Morgan fingerprint density at radius 1 is 1.03 bits per heavy atom. The van der Waals surface area contributed by atoms with E-state index in [1.807, 2.05) is 42.3 Å². The minimum atomic E-state index is 0.0878. The van der Waals surface area contributed by atoms with Gasteiger partial charge in [-0.2, -0.15) is 5.10 Å². The van der Waals surface area contributed by atoms with E-state index < -0.39 is 0 Å². The molecule has 7 nitrogen and oxygen atoms in total. The molecule has 0 amide bonds. The molecule has 1 aliphatic rings. The van der Waals surface area contributed by atoms with Crippen molar-refractivity contribution in [2.75, 3.05) is 20.2 Å². The topological polar surface area (TPSA) is 83.3 Å². The minimum absolute atomic E-state index is 0.0878. The number of hydrogen-bond acceptors (Lipinski definition) is 6. The van der Waals surface area contributed by atoms with Crippen LogP contribution in [0.2, 0.25) is 0 Å². The summed E-state index contributed by atoms with van der Waals surface area (Å²) in [5, 5.41) is 18.8. The van der Waals surface area contributed by atoms with Crippen LogP contribution in [-0.2, 0) is 33.1 Å². The minimum Gasteiger partial charge on any atom is -0.395 e. The molecule has 174 valence electrons. The molecule has 0 aliphatic carbocycles. The second-order valence-electron chi connectivity index (χ2n) is 9.02. The molecule has 0 radical (unpaired) electrons. The maximum absolute atomic E-state index is 13.0. The SMILES string of the molecule is CN1Cc2ccc(C(=O)Cc3cc4cc(-c5cnn(C)c5CNCCO)ccc4cn3)cc2C1. The van der Waals surface area contributed by atoms with Crippen molar-refractivity contribution in [1.82, 2.24) is 25.0 Å². The fraction of sp³-hybridized carbons (Fsp3) is 0.296. The Kier molecular flexibility index (Phi) is 6.24. The summed E-state index contributed by atoms with van der Waals surface area (Å²) in [6, 6.07) is 14.3. The number of aryl methyl sites for hydroxylation is 1. The van der Waals surface area contributed by atoms with Gasteiger partial charge in [0, 0.05) is 61.6 Å². The Labute approximate surface area is 199 Å². The summed E-state index contributed by atoms with van der Waals surface area (Å²) in [6.07, 6.45) is 3.98. The summed E-state index contributed by atoms with van der Waals surface area (Å²) < 4.78 is 1.86. The molecule has 0 spiro atoms. The zero-order valence-electron chi connectivity index (χ0n) is 19.6. The maximum atomic E-state index is 13.0. The highest BCUT2D eigenvalue weighted by Crippen LogP contribution is 2.28. The Balaban J connectivity index is 1.39. The van der Waals surface area contributed by atoms with E-state index in [9.17, 15) is 4.79 Å². The van der Waals surface area contributed by atoms with Crippen LogP contribution < -0.4 is 5.32 Å². The zero-order chi connectivity index (χ0) is 23.7. The molecule has 0 fully saturated rings. The first kappa shape index (κ1) is 22.4. The number of hydrogen-bond donors (Lipinski definition) is 2. The smallest absolute Gasteiger partial charge is 0.168 e. The molecular formula is C27H29N5O2. The van der Waals surface area contributed by atoms with Gasteiger partial charge < -0.3 is 10.4 Å². The fourth-order valence-corrected chi connectivity index (χ4v) is 4.66. The van der Waals surface area contributed by atoms with Gasteiger partial charge in [-0.05, 0) is 47.3 Å². The van der Waals surface area contributed by atoms with E-state index in [1.54, 1.807) is 0 Å². The summed E-state index contributed by atoms with van der Waals surface area (Å²) in [7, 11) is 4.01. The van der Waals surface area contributed by atoms with Gasteiger partial charge in [0.15, 0.2) is 5.78 Å². The van der Waals surface area contributed by atoms with Gasteiger partial charge >= 0.3 is 0 Å². The van der Waals surface area contributed by atoms with E-state index >= 15 is 0 Å². The molecule has 0 saturated carbocycles. The fourth-order valence-electron chi connectivity index (χ4n) is 4.66. The first-order valence-corrected chi connectivity index (χ1v) is 11.6. The van der Waals surface area contributed by atoms with Crippen LogP contribution in [0.4, 0.5) is 0 Å². The highest BCUT2D eigenvalue weighted by Gasteiger charge is 2.18. The van der Waals surface area contributed by atoms with Crippen LogP contribution in [0.5, 0.6) is 0 Å². The predicted octanol–water partition coefficient (Wildman–Crippen LogP) is 3.09. The maximum Gasteiger partial charge on any atom is 0.168 e. The quantitative estimate of drug-likeness (QED) is 0.314. The molecule has 1 aliphatic heterocycles. The van der Waals surface area contributed by atoms with Crippen LogP contribution in [0.1, 0.15) is 32.9 Å². The molecule has 4 aromatic rings. The molecule has 0 bridgehead atoms. The van der Waals surface area contributed by atoms with Gasteiger partial charge in [0.1, 0.15) is 0 Å². The number of aliphatic hydroxyl groups excluding tert-OH is 1. The monoisotopic (exact) mass is 455 g/mol. The first-order chi connectivity index (χ1) is 16.5. The normalized spacial score (nSPS) is 13.5. The van der Waals surface area contributed by atoms with E-state index in [2.05, 4.69) is 51.6 Å². The standard InChI is InChI=1S/C27H29N5O2/c1-31-16-21-6-4-19(10-23(21)17-31)27(34)12-24-11-22-9-18(3-5-20(22)13-29-24)25-14-30-32(2)26(25)15-28-7-8-33/h3-6,9-11,13-14,28,33H,7-8,12,15-17H2,1-2H3. The molecule has 34 heavy (non-hydrogen) atoms. The van der Waals surface area contributed by atoms with Crippen LogP contribution in [-0.4, -0.2) is 50.8 Å². The van der Waals surface area contributed by atoms with E-state index in [1.165, 1.54) is 11.1 Å². The van der Waals surface area contributed by atoms with Crippen molar-refractivity contribution in [2.45, 2.75) is 26.1 Å². The van der Waals surface area contributed by atoms with Crippen molar-refractivity contribution >= 4 is 16.6 Å². The average Bonchev–Trinajstić information content (AvgIpc) is 3.39. The van der Waals surface area contributed by atoms with E-state index in [0.717, 1.165) is 51.9 Å². The number of rotatable bonds is 8. The lowest BCUT2D eigenvalue weighted by atomic mass is 9.99. The second kappa shape index (κ2) is 9.46. The van der Waals surface area contributed by atoms with Crippen molar-refractivity contribution in [3.05, 3.63) is 82.9 Å². The number of nitrogens with zero attached hydrogens (tertiary/aromatic N) is 4. The van der Waals surface area contributed by atoms with E-state index in [-0.39, 0.29) is 18.8 Å². The third kappa shape index (κ3) is 4.50. The Morgan fingerprint density at radius 3 is 2.74 bits per heavy atom. The van der Waals surface area contributed by atoms with Gasteiger partial charge in [0.25, 0.3) is 0 Å². The van der Waals surface area contributed by atoms with Gasteiger partial charge in [-0.1, -0.05) is 24.3 Å². The molecule has 2 aromatic carbocycles. The number of carbonyl (C=O) groups is 1. The number of carbonyl (C=O) groups excluding carboxylic acids is 1. The molecular weight excluding hydrogens is 426 g/mol. The Bertz CT molecular complexity index is 1360. The van der Waals surface area contributed by atoms with Gasteiger partial charge in [-0.3, -0.25) is 19.4 Å². The number of fused-ring (bicyclic) bond motifs is 2. The third-order valence-corrected chi connectivity index (χ3v) is 6.48. The molecule has 2 aromatic heterocycles. The summed E-state index contributed by atoms with van der Waals surface area (Å²) >= 11 is 0. The highest BCUT2D eigenvalue weighted by molar-refractivity contribution is 5.98. The number of aliphatic hydroxyl groups is 1. The number of Topliss-reactive ketones (excluding diaryl/α,β-unsaturated/α-hetero) is 1. The summed E-state index contributed by atoms with van der Waals surface area (Å²) in [5.74, 6) is 0.0878. The van der Waals surface area contributed by atoms with E-state index in [0.29, 0.717) is 13.1 Å². The third-order valence-electron chi connectivity index (χ3n) is 6.48. The van der Waals surface area contributed by atoms with Crippen molar-refractivity contribution in [2.24, 2.45) is 7.05 Å². The zero-order valence-corrected chi connectivity index (χ0v) is 19.6. The van der Waals surface area contributed by atoms with Crippen molar-refractivity contribution in [3.8, 4) is 11.1 Å². The van der Waals surface area contributed by atoms with Crippen LogP contribution in [0.25, 0.3) is 21.9 Å². The number of pyridine rings is 1. The second-order valence-corrected chi connectivity index (χ2v) is 9.02. The molecule has 0 saturated heterocycles. The number of aromatic nitrogens is 3. The van der Waals surface area contributed by atoms with Gasteiger partial charge in [-0.15, -0.1) is 0 Å². The summed E-state index contributed by atoms with van der Waals surface area (Å²) in [6.45, 7) is 3.08. The molecule has 0 unspecified atom stereocenters. The van der Waals surface area contributed by atoms with Crippen molar-refractivity contribution in [1.29, 1.82) is 0 Å². The number of benzene rings is 2. The van der Waals surface area contributed by atoms with Gasteiger partial charge in [0.05, 0.1) is 24.9 Å². The largest absolute Gasteiger partial charge is 0.395 e. The lowest BCUT2D eigenvalue weighted by Crippen LogP contribution is -2.19. The van der Waals surface area contributed by atoms with Crippen molar-refractivity contribution < 1.29 is 9.90 Å². The van der Waals surface area contributed by atoms with Crippen LogP contribution in [0.15, 0.2) is 54.9 Å². The Hall–Kier alpha value is -3.39. The molecule has 2 N–H and O–H groups in total. The van der Waals surface area contributed by atoms with E-state index in [4.69, 9.17) is 5.11 Å². The number of ketones is 1.